The summed E-state index contributed by atoms with van der Waals surface area (Å²) in [7, 11) is 0. The largest absolute Gasteiger partial charge is 0.369 e. The molecule has 1 atom stereocenters. The Morgan fingerprint density at radius 1 is 0.627 bits per heavy atom. The van der Waals surface area contributed by atoms with Gasteiger partial charge in [0.15, 0.2) is 17.8 Å². The van der Waals surface area contributed by atoms with Gasteiger partial charge >= 0.3 is 0 Å². The van der Waals surface area contributed by atoms with Crippen molar-refractivity contribution >= 4 is 81.2 Å². The Balaban J connectivity index is 1.27. The smallest absolute Gasteiger partial charge is 0.261 e. The summed E-state index contributed by atoms with van der Waals surface area (Å²) in [5.74, 6) is -0.461. The van der Waals surface area contributed by atoms with Crippen LogP contribution in [-0.4, -0.2) is 61.5 Å². The molecule has 5 aromatic rings. The van der Waals surface area contributed by atoms with Crippen LogP contribution in [0.2, 0.25) is 0 Å². The summed E-state index contributed by atoms with van der Waals surface area (Å²) in [6.45, 7) is 6.40. The van der Waals surface area contributed by atoms with E-state index in [1.807, 2.05) is 6.07 Å². The van der Waals surface area contributed by atoms with Crippen LogP contribution in [0.25, 0.3) is 10.9 Å². The highest BCUT2D eigenvalue weighted by atomic mass is 32.2. The van der Waals surface area contributed by atoms with Crippen molar-refractivity contribution in [2.75, 3.05) is 22.2 Å². The van der Waals surface area contributed by atoms with E-state index in [1.54, 1.807) is 108 Å². The van der Waals surface area contributed by atoms with Gasteiger partial charge in [0.2, 0.25) is 0 Å². The molecule has 1 N–H and O–H groups in total. The second-order valence-corrected chi connectivity index (χ2v) is 18.3. The van der Waals surface area contributed by atoms with Gasteiger partial charge in [-0.15, -0.1) is 35.3 Å². The number of carbonyl (C=O) groups is 5. The summed E-state index contributed by atoms with van der Waals surface area (Å²) in [6.07, 6.45) is 4.82. The second kappa shape index (κ2) is 17.5. The first-order valence-corrected chi connectivity index (χ1v) is 23.3. The van der Waals surface area contributed by atoms with Crippen molar-refractivity contribution in [1.29, 1.82) is 0 Å². The van der Waals surface area contributed by atoms with Gasteiger partial charge in [-0.3, -0.25) is 33.8 Å². The number of imide groups is 1. The molecule has 0 spiro atoms. The molecule has 0 fully saturated rings. The zero-order valence-electron chi connectivity index (χ0n) is 33.3. The third kappa shape index (κ3) is 7.32. The third-order valence-corrected chi connectivity index (χ3v) is 14.9. The molecule has 0 radical (unpaired) electrons. The minimum Gasteiger partial charge on any atom is -0.369 e. The lowest BCUT2D eigenvalue weighted by molar-refractivity contribution is 0.0641. The molecule has 9 nitrogen and oxygen atoms in total. The first-order chi connectivity index (χ1) is 28.7. The van der Waals surface area contributed by atoms with Crippen molar-refractivity contribution in [3.63, 3.8) is 0 Å². The van der Waals surface area contributed by atoms with E-state index >= 15 is 0 Å². The van der Waals surface area contributed by atoms with E-state index in [0.29, 0.717) is 50.0 Å². The summed E-state index contributed by atoms with van der Waals surface area (Å²) in [5.41, 5.74) is 3.67. The average molecular weight is 844 g/mol. The van der Waals surface area contributed by atoms with Gasteiger partial charge < -0.3 is 5.11 Å². The zero-order valence-corrected chi connectivity index (χ0v) is 35.7. The number of carbonyl (C=O) groups excluding carboxylic acids is 5. The zero-order chi connectivity index (χ0) is 41.4. The number of Topliss-reactive ketones (excluding diaryl/α,β-unsaturated/α-hetero) is 2. The Labute approximate surface area is 356 Å². The quantitative estimate of drug-likeness (QED) is 0.0444. The first kappa shape index (κ1) is 41.0. The molecule has 1 unspecified atom stereocenters. The number of amides is 3. The topological polar surface area (TPSA) is 125 Å². The van der Waals surface area contributed by atoms with Crippen LogP contribution < -0.4 is 4.90 Å². The lowest BCUT2D eigenvalue weighted by Crippen LogP contribution is -2.30. The SMILES string of the molecule is CCCCSc1cc2c(c(SCCCC)c1SCCCC)C(O)N(c1ccc(CN3C(=O)c4ccccc4C3=O)c3ccc(C4C(=O)c5ccccc5C4=O)nc13)C2=O. The molecule has 0 saturated heterocycles. The highest BCUT2D eigenvalue weighted by molar-refractivity contribution is 8.03. The van der Waals surface area contributed by atoms with Crippen LogP contribution in [0, 0.1) is 0 Å². The fourth-order valence-corrected chi connectivity index (χ4v) is 12.1. The van der Waals surface area contributed by atoms with Crippen molar-refractivity contribution < 1.29 is 29.1 Å². The molecule has 12 heteroatoms. The van der Waals surface area contributed by atoms with Gasteiger partial charge in [0.05, 0.1) is 40.1 Å². The highest BCUT2D eigenvalue weighted by Crippen LogP contribution is 2.50. The normalized spacial score (nSPS) is 16.2. The van der Waals surface area contributed by atoms with E-state index in [1.165, 1.54) is 9.80 Å². The fraction of sp³-hybridized carbons (Fsp3) is 0.319. The Kier molecular flexibility index (Phi) is 12.1. The van der Waals surface area contributed by atoms with E-state index in [9.17, 15) is 29.1 Å². The number of hydrogen-bond donors (Lipinski definition) is 1. The van der Waals surface area contributed by atoms with Gasteiger partial charge in [-0.2, -0.15) is 0 Å². The maximum atomic E-state index is 14.9. The Morgan fingerprint density at radius 3 is 1.78 bits per heavy atom. The van der Waals surface area contributed by atoms with Crippen LogP contribution in [0.15, 0.2) is 93.5 Å². The van der Waals surface area contributed by atoms with Crippen LogP contribution in [0.4, 0.5) is 5.69 Å². The summed E-state index contributed by atoms with van der Waals surface area (Å²) in [5, 5.41) is 13.0. The number of fused-ring (bicyclic) bond motifs is 4. The number of hydrogen-bond acceptors (Lipinski definition) is 10. The number of rotatable bonds is 16. The van der Waals surface area contributed by atoms with Crippen molar-refractivity contribution in [2.45, 2.75) is 92.7 Å². The molecule has 2 aliphatic heterocycles. The molecule has 1 aromatic heterocycles. The maximum absolute atomic E-state index is 14.9. The van der Waals surface area contributed by atoms with Gasteiger partial charge in [0.1, 0.15) is 5.92 Å². The first-order valence-electron chi connectivity index (χ1n) is 20.4. The summed E-state index contributed by atoms with van der Waals surface area (Å²) >= 11 is 5.23. The van der Waals surface area contributed by atoms with Gasteiger partial charge in [-0.05, 0) is 72.4 Å². The van der Waals surface area contributed by atoms with Gasteiger partial charge in [-0.25, -0.2) is 4.98 Å². The maximum Gasteiger partial charge on any atom is 0.261 e. The molecule has 0 bridgehead atoms. The molecular formula is C47H45N3O6S3. The van der Waals surface area contributed by atoms with Crippen molar-refractivity contribution in [3.05, 3.63) is 124 Å². The van der Waals surface area contributed by atoms with Crippen LogP contribution >= 0.6 is 35.3 Å². The van der Waals surface area contributed by atoms with Crippen molar-refractivity contribution in [1.82, 2.24) is 9.88 Å². The van der Waals surface area contributed by atoms with Crippen LogP contribution in [0.3, 0.4) is 0 Å². The summed E-state index contributed by atoms with van der Waals surface area (Å²) < 4.78 is 0. The Morgan fingerprint density at radius 2 is 1.19 bits per heavy atom. The molecule has 1 aliphatic carbocycles. The van der Waals surface area contributed by atoms with E-state index in [4.69, 9.17) is 4.98 Å². The lowest BCUT2D eigenvalue weighted by Gasteiger charge is -2.25. The number of benzene rings is 4. The van der Waals surface area contributed by atoms with Crippen LogP contribution in [0.5, 0.6) is 0 Å². The van der Waals surface area contributed by atoms with Crippen LogP contribution in [-0.2, 0) is 6.54 Å². The molecule has 302 valence electrons. The molecule has 3 heterocycles. The van der Waals surface area contributed by atoms with Gasteiger partial charge in [0, 0.05) is 36.8 Å². The van der Waals surface area contributed by atoms with Crippen molar-refractivity contribution in [2.24, 2.45) is 0 Å². The summed E-state index contributed by atoms with van der Waals surface area (Å²) in [4.78, 5) is 80.0. The number of aliphatic hydroxyl groups excluding tert-OH is 1. The fourth-order valence-electron chi connectivity index (χ4n) is 7.96. The number of aromatic nitrogens is 1. The number of pyridine rings is 1. The monoisotopic (exact) mass is 843 g/mol. The standard InChI is InChI=1S/C47H45N3O6S3/c1-4-7-22-57-36-25-33-37(43(59-24-9-6-3)42(36)58-23-8-5-2)47(56)50(46(33)55)35-21-18-27(26-49-44(53)31-16-12-13-17-32(31)45(49)54)28-19-20-34(48-39(28)35)38-40(51)29-14-10-11-15-30(29)41(38)52/h10-21,25,38,47,56H,4-9,22-24,26H2,1-3H3. The van der Waals surface area contributed by atoms with E-state index in [2.05, 4.69) is 20.8 Å². The molecule has 0 saturated carbocycles. The molecular weight excluding hydrogens is 799 g/mol. The minimum atomic E-state index is -1.35. The van der Waals surface area contributed by atoms with E-state index in [-0.39, 0.29) is 35.2 Å². The number of nitrogens with zero attached hydrogens (tertiary/aromatic N) is 3. The number of unbranched alkanes of at least 4 members (excludes halogenated alkanes) is 3. The third-order valence-electron chi connectivity index (χ3n) is 11.1. The number of aliphatic hydroxyl groups is 1. The van der Waals surface area contributed by atoms with Crippen LogP contribution in [0.1, 0.15) is 140 Å². The average Bonchev–Trinajstić information content (AvgIpc) is 3.76. The molecule has 59 heavy (non-hydrogen) atoms. The lowest BCUT2D eigenvalue weighted by atomic mass is 9.97. The minimum absolute atomic E-state index is 0.0808. The second-order valence-electron chi connectivity index (χ2n) is 15.0. The predicted octanol–water partition coefficient (Wildman–Crippen LogP) is 10.5. The number of ketones is 2. The molecule has 8 rings (SSSR count). The Hall–Kier alpha value is -4.75. The predicted molar refractivity (Wildman–Crippen MR) is 235 cm³/mol. The molecule has 3 aliphatic rings. The van der Waals surface area contributed by atoms with Gasteiger partial charge in [0.25, 0.3) is 17.7 Å². The molecule has 3 amide bonds. The number of anilines is 1. The van der Waals surface area contributed by atoms with Gasteiger partial charge in [-0.1, -0.05) is 88.6 Å². The van der Waals surface area contributed by atoms with Crippen molar-refractivity contribution in [3.8, 4) is 0 Å². The number of thioether (sulfide) groups is 3. The van der Waals surface area contributed by atoms with E-state index < -0.39 is 24.0 Å². The highest BCUT2D eigenvalue weighted by Gasteiger charge is 2.44. The molecule has 4 aromatic carbocycles. The van der Waals surface area contributed by atoms with E-state index in [0.717, 1.165) is 70.5 Å². The Bertz CT molecular complexity index is 2470. The summed E-state index contributed by atoms with van der Waals surface area (Å²) in [6, 6.07) is 22.2.